The minimum absolute atomic E-state index is 0.101. The van der Waals surface area contributed by atoms with Crippen LogP contribution in [0.4, 0.5) is 0 Å². The van der Waals surface area contributed by atoms with Crippen molar-refractivity contribution in [1.29, 1.82) is 0 Å². The van der Waals surface area contributed by atoms with Gasteiger partial charge in [-0.2, -0.15) is 0 Å². The van der Waals surface area contributed by atoms with Crippen LogP contribution >= 0.6 is 0 Å². The zero-order chi connectivity index (χ0) is 13.2. The lowest BCUT2D eigenvalue weighted by molar-refractivity contribution is -0.145. The molecule has 0 aromatic heterocycles. The highest BCUT2D eigenvalue weighted by Crippen LogP contribution is 2.42. The van der Waals surface area contributed by atoms with E-state index in [1.807, 2.05) is 0 Å². The fraction of sp³-hybridized carbons (Fsp3) is 0.929. The Kier molecular flexibility index (Phi) is 4.28. The van der Waals surface area contributed by atoms with Crippen LogP contribution in [-0.4, -0.2) is 48.3 Å². The van der Waals surface area contributed by atoms with Gasteiger partial charge in [0.2, 0.25) is 0 Å². The molecule has 4 nitrogen and oxygen atoms in total. The average Bonchev–Trinajstić information content (AvgIpc) is 2.74. The number of nitrogens with zero attached hydrogens (tertiary/aromatic N) is 1. The molecule has 0 amide bonds. The predicted molar refractivity (Wildman–Crippen MR) is 69.6 cm³/mol. The zero-order valence-electron chi connectivity index (χ0n) is 11.5. The SMILES string of the molecule is CCCC1(CCC)CN(C2COCC2C(=O)O)C1. The Morgan fingerprint density at radius 3 is 2.39 bits per heavy atom. The molecule has 18 heavy (non-hydrogen) atoms. The van der Waals surface area contributed by atoms with Crippen molar-refractivity contribution >= 4 is 5.97 Å². The van der Waals surface area contributed by atoms with Gasteiger partial charge in [0.15, 0.2) is 0 Å². The Morgan fingerprint density at radius 2 is 1.89 bits per heavy atom. The van der Waals surface area contributed by atoms with Crippen molar-refractivity contribution in [2.75, 3.05) is 26.3 Å². The van der Waals surface area contributed by atoms with Crippen LogP contribution < -0.4 is 0 Å². The van der Waals surface area contributed by atoms with E-state index in [1.54, 1.807) is 0 Å². The molecular weight excluding hydrogens is 230 g/mol. The summed E-state index contributed by atoms with van der Waals surface area (Å²) in [7, 11) is 0. The Hall–Kier alpha value is -0.610. The summed E-state index contributed by atoms with van der Waals surface area (Å²) in [6.45, 7) is 7.56. The molecule has 2 atom stereocenters. The zero-order valence-corrected chi connectivity index (χ0v) is 11.5. The van der Waals surface area contributed by atoms with E-state index in [2.05, 4.69) is 18.7 Å². The molecule has 2 aliphatic heterocycles. The minimum Gasteiger partial charge on any atom is -0.481 e. The van der Waals surface area contributed by atoms with Crippen molar-refractivity contribution in [1.82, 2.24) is 4.90 Å². The maximum atomic E-state index is 11.2. The molecule has 1 N–H and O–H groups in total. The Labute approximate surface area is 109 Å². The molecule has 2 rings (SSSR count). The average molecular weight is 255 g/mol. The predicted octanol–water partition coefficient (Wildman–Crippen LogP) is 1.99. The quantitative estimate of drug-likeness (QED) is 0.788. The van der Waals surface area contributed by atoms with Gasteiger partial charge in [-0.15, -0.1) is 0 Å². The molecule has 0 saturated carbocycles. The van der Waals surface area contributed by atoms with Crippen LogP contribution in [0.15, 0.2) is 0 Å². The lowest BCUT2D eigenvalue weighted by Gasteiger charge is -2.53. The van der Waals surface area contributed by atoms with Crippen LogP contribution in [0.25, 0.3) is 0 Å². The summed E-state index contributed by atoms with van der Waals surface area (Å²) in [5.41, 5.74) is 0.454. The summed E-state index contributed by atoms with van der Waals surface area (Å²) >= 11 is 0. The van der Waals surface area contributed by atoms with Crippen molar-refractivity contribution in [2.24, 2.45) is 11.3 Å². The molecule has 0 aromatic rings. The maximum Gasteiger partial charge on any atom is 0.310 e. The van der Waals surface area contributed by atoms with E-state index in [4.69, 9.17) is 4.74 Å². The van der Waals surface area contributed by atoms with Crippen molar-refractivity contribution < 1.29 is 14.6 Å². The Morgan fingerprint density at radius 1 is 1.28 bits per heavy atom. The fourth-order valence-electron chi connectivity index (χ4n) is 3.69. The van der Waals surface area contributed by atoms with Crippen LogP contribution in [0.3, 0.4) is 0 Å². The topological polar surface area (TPSA) is 49.8 Å². The third-order valence-corrected chi connectivity index (χ3v) is 4.47. The molecule has 4 heteroatoms. The summed E-state index contributed by atoms with van der Waals surface area (Å²) in [6.07, 6.45) is 4.97. The highest BCUT2D eigenvalue weighted by atomic mass is 16.5. The molecule has 2 unspecified atom stereocenters. The number of hydrogen-bond donors (Lipinski definition) is 1. The second kappa shape index (κ2) is 5.57. The van der Waals surface area contributed by atoms with Crippen LogP contribution in [0.2, 0.25) is 0 Å². The first-order valence-electron chi connectivity index (χ1n) is 7.16. The van der Waals surface area contributed by atoms with E-state index in [0.29, 0.717) is 18.6 Å². The molecule has 0 aromatic carbocycles. The monoisotopic (exact) mass is 255 g/mol. The third-order valence-electron chi connectivity index (χ3n) is 4.47. The van der Waals surface area contributed by atoms with Crippen LogP contribution in [0, 0.1) is 11.3 Å². The second-order valence-electron chi connectivity index (χ2n) is 5.95. The van der Waals surface area contributed by atoms with Crippen molar-refractivity contribution in [2.45, 2.75) is 45.6 Å². The molecule has 104 valence electrons. The van der Waals surface area contributed by atoms with Gasteiger partial charge in [0.1, 0.15) is 0 Å². The van der Waals surface area contributed by atoms with Crippen molar-refractivity contribution in [3.8, 4) is 0 Å². The van der Waals surface area contributed by atoms with E-state index < -0.39 is 5.97 Å². The van der Waals surface area contributed by atoms with Crippen LogP contribution in [-0.2, 0) is 9.53 Å². The smallest absolute Gasteiger partial charge is 0.310 e. The Balaban J connectivity index is 1.92. The van der Waals surface area contributed by atoms with Gasteiger partial charge in [0.05, 0.1) is 19.1 Å². The standard InChI is InChI=1S/C14H25NO3/c1-3-5-14(6-4-2)9-15(10-14)12-8-18-7-11(12)13(16)17/h11-12H,3-10H2,1-2H3,(H,16,17). The summed E-state index contributed by atoms with van der Waals surface area (Å²) in [6, 6.07) is 0.101. The van der Waals surface area contributed by atoms with Crippen LogP contribution in [0.5, 0.6) is 0 Å². The number of rotatable bonds is 6. The summed E-state index contributed by atoms with van der Waals surface area (Å²) in [5, 5.41) is 9.18. The number of likely N-dealkylation sites (tertiary alicyclic amines) is 1. The lowest BCUT2D eigenvalue weighted by Crippen LogP contribution is -2.62. The normalized spacial score (nSPS) is 31.2. The maximum absolute atomic E-state index is 11.2. The molecule has 2 aliphatic rings. The molecular formula is C14H25NO3. The van der Waals surface area contributed by atoms with Gasteiger partial charge in [0.25, 0.3) is 0 Å². The van der Waals surface area contributed by atoms with E-state index in [0.717, 1.165) is 13.1 Å². The van der Waals surface area contributed by atoms with E-state index in [9.17, 15) is 9.90 Å². The summed E-state index contributed by atoms with van der Waals surface area (Å²) in [4.78, 5) is 13.5. The number of carboxylic acids is 1. The second-order valence-corrected chi connectivity index (χ2v) is 5.95. The number of hydrogen-bond acceptors (Lipinski definition) is 3. The highest BCUT2D eigenvalue weighted by molar-refractivity contribution is 5.71. The number of aliphatic carboxylic acids is 1. The minimum atomic E-state index is -0.707. The van der Waals surface area contributed by atoms with Gasteiger partial charge >= 0.3 is 5.97 Å². The molecule has 2 saturated heterocycles. The first-order valence-corrected chi connectivity index (χ1v) is 7.16. The lowest BCUT2D eigenvalue weighted by atomic mass is 9.71. The molecule has 0 bridgehead atoms. The first kappa shape index (κ1) is 13.8. The molecule has 2 fully saturated rings. The van der Waals surface area contributed by atoms with E-state index in [-0.39, 0.29) is 12.0 Å². The van der Waals surface area contributed by atoms with Gasteiger partial charge in [-0.1, -0.05) is 26.7 Å². The molecule has 0 spiro atoms. The van der Waals surface area contributed by atoms with Gasteiger partial charge in [-0.05, 0) is 18.3 Å². The number of carboxylic acid groups (broad SMARTS) is 1. The Bertz CT molecular complexity index is 291. The van der Waals surface area contributed by atoms with E-state index in [1.165, 1.54) is 25.7 Å². The van der Waals surface area contributed by atoms with E-state index >= 15 is 0 Å². The summed E-state index contributed by atoms with van der Waals surface area (Å²) < 4.78 is 5.35. The first-order chi connectivity index (χ1) is 8.62. The van der Waals surface area contributed by atoms with Gasteiger partial charge in [-0.3, -0.25) is 9.69 Å². The van der Waals surface area contributed by atoms with Gasteiger partial charge in [0, 0.05) is 19.1 Å². The number of carbonyl (C=O) groups is 1. The number of ether oxygens (including phenoxy) is 1. The summed E-state index contributed by atoms with van der Waals surface area (Å²) in [5.74, 6) is -1.03. The third kappa shape index (κ3) is 2.54. The van der Waals surface area contributed by atoms with Gasteiger partial charge < -0.3 is 9.84 Å². The highest BCUT2D eigenvalue weighted by Gasteiger charge is 2.48. The van der Waals surface area contributed by atoms with Gasteiger partial charge in [-0.25, -0.2) is 0 Å². The fourth-order valence-corrected chi connectivity index (χ4v) is 3.69. The van der Waals surface area contributed by atoms with Crippen molar-refractivity contribution in [3.63, 3.8) is 0 Å². The largest absolute Gasteiger partial charge is 0.481 e. The van der Waals surface area contributed by atoms with Crippen molar-refractivity contribution in [3.05, 3.63) is 0 Å². The molecule has 0 aliphatic carbocycles. The van der Waals surface area contributed by atoms with Crippen LogP contribution in [0.1, 0.15) is 39.5 Å². The molecule has 0 radical (unpaired) electrons. The molecule has 2 heterocycles.